The van der Waals surface area contributed by atoms with E-state index in [0.29, 0.717) is 0 Å². The van der Waals surface area contributed by atoms with Crippen molar-refractivity contribution in [3.05, 3.63) is 0 Å². The number of nitrogens with two attached hydrogens (primary N) is 1. The fourth-order valence-corrected chi connectivity index (χ4v) is 1.47. The first-order valence-corrected chi connectivity index (χ1v) is 4.44. The van der Waals surface area contributed by atoms with Crippen LogP contribution in [0.4, 0.5) is 0 Å². The molecule has 0 fully saturated rings. The summed E-state index contributed by atoms with van der Waals surface area (Å²) in [5.74, 6) is 5.66. The quantitative estimate of drug-likeness (QED) is 0.358. The Hall–Kier alpha value is -0.220. The predicted octanol–water partition coefficient (Wildman–Crippen LogP) is 0.366. The lowest BCUT2D eigenvalue weighted by Crippen LogP contribution is -2.42. The van der Waals surface area contributed by atoms with Crippen molar-refractivity contribution in [2.45, 2.75) is 13.8 Å². The van der Waals surface area contributed by atoms with Gasteiger partial charge in [-0.3, -0.25) is 10.2 Å². The van der Waals surface area contributed by atoms with Crippen LogP contribution in [0, 0.1) is 5.41 Å². The Morgan fingerprint density at radius 2 is 2.20 bits per heavy atom. The molecule has 0 saturated carbocycles. The average molecular weight is 162 g/mol. The summed E-state index contributed by atoms with van der Waals surface area (Å²) in [5.41, 5.74) is 1.78. The zero-order valence-corrected chi connectivity index (χ0v) is 7.42. The third kappa shape index (κ3) is 2.58. The number of hydrogen-bond donors (Lipinski definition) is 2. The first kappa shape index (κ1) is 9.78. The SMILES string of the molecule is CSCC(C)(C)C(=O)NN. The second-order valence-electron chi connectivity index (χ2n) is 2.79. The minimum atomic E-state index is -0.353. The van der Waals surface area contributed by atoms with E-state index in [9.17, 15) is 4.79 Å². The lowest BCUT2D eigenvalue weighted by Gasteiger charge is -2.20. The molecule has 0 atom stereocenters. The van der Waals surface area contributed by atoms with Crippen molar-refractivity contribution in [3.8, 4) is 0 Å². The van der Waals surface area contributed by atoms with Crippen LogP contribution in [0.15, 0.2) is 0 Å². The Kier molecular flexibility index (Phi) is 3.75. The molecule has 0 aromatic carbocycles. The van der Waals surface area contributed by atoms with Crippen LogP contribution in [0.1, 0.15) is 13.8 Å². The van der Waals surface area contributed by atoms with E-state index in [1.165, 1.54) is 0 Å². The molecule has 3 N–H and O–H groups in total. The maximum absolute atomic E-state index is 11.0. The molecule has 0 aliphatic rings. The Bertz CT molecular complexity index is 125. The molecule has 0 aliphatic carbocycles. The highest BCUT2D eigenvalue weighted by Crippen LogP contribution is 2.19. The van der Waals surface area contributed by atoms with Gasteiger partial charge >= 0.3 is 0 Å². The van der Waals surface area contributed by atoms with E-state index in [2.05, 4.69) is 5.43 Å². The summed E-state index contributed by atoms with van der Waals surface area (Å²) in [6, 6.07) is 0. The van der Waals surface area contributed by atoms with Crippen LogP contribution >= 0.6 is 11.8 Å². The van der Waals surface area contributed by atoms with E-state index >= 15 is 0 Å². The van der Waals surface area contributed by atoms with Crippen molar-refractivity contribution < 1.29 is 4.79 Å². The van der Waals surface area contributed by atoms with E-state index in [1.54, 1.807) is 11.8 Å². The van der Waals surface area contributed by atoms with E-state index in [0.717, 1.165) is 5.75 Å². The molecule has 0 rings (SSSR count). The molecular formula is C6H14N2OS. The van der Waals surface area contributed by atoms with Crippen LogP contribution < -0.4 is 11.3 Å². The molecule has 3 nitrogen and oxygen atoms in total. The van der Waals surface area contributed by atoms with Gasteiger partial charge < -0.3 is 0 Å². The largest absolute Gasteiger partial charge is 0.294 e. The number of carbonyl (C=O) groups excluding carboxylic acids is 1. The van der Waals surface area contributed by atoms with Gasteiger partial charge in [-0.2, -0.15) is 11.8 Å². The van der Waals surface area contributed by atoms with Crippen molar-refractivity contribution in [2.24, 2.45) is 11.3 Å². The van der Waals surface area contributed by atoms with E-state index < -0.39 is 0 Å². The summed E-state index contributed by atoms with van der Waals surface area (Å²) in [6.45, 7) is 3.73. The standard InChI is InChI=1S/C6H14N2OS/c1-6(2,4-10-3)5(9)8-7/h4,7H2,1-3H3,(H,8,9). The molecule has 0 aliphatic heterocycles. The van der Waals surface area contributed by atoms with Gasteiger partial charge in [0.25, 0.3) is 0 Å². The molecule has 0 heterocycles. The molecule has 0 aromatic rings. The van der Waals surface area contributed by atoms with E-state index in [4.69, 9.17) is 5.84 Å². The van der Waals surface area contributed by atoms with Crippen molar-refractivity contribution in [3.63, 3.8) is 0 Å². The van der Waals surface area contributed by atoms with Gasteiger partial charge in [-0.1, -0.05) is 13.8 Å². The Morgan fingerprint density at radius 3 is 2.50 bits per heavy atom. The minimum Gasteiger partial charge on any atom is -0.294 e. The third-order valence-electron chi connectivity index (χ3n) is 1.25. The van der Waals surface area contributed by atoms with Crippen molar-refractivity contribution in [1.29, 1.82) is 0 Å². The number of amides is 1. The van der Waals surface area contributed by atoms with Gasteiger partial charge in [0.05, 0.1) is 5.41 Å². The fraction of sp³-hybridized carbons (Fsp3) is 0.833. The Labute approximate surface area is 65.7 Å². The fourth-order valence-electron chi connectivity index (χ4n) is 0.622. The molecule has 0 bridgehead atoms. The number of hydrogen-bond acceptors (Lipinski definition) is 3. The molecule has 0 saturated heterocycles. The second-order valence-corrected chi connectivity index (χ2v) is 3.66. The maximum Gasteiger partial charge on any atom is 0.240 e. The van der Waals surface area contributed by atoms with Crippen molar-refractivity contribution in [1.82, 2.24) is 5.43 Å². The highest BCUT2D eigenvalue weighted by Gasteiger charge is 2.25. The van der Waals surface area contributed by atoms with Crippen LogP contribution in [0.5, 0.6) is 0 Å². The smallest absolute Gasteiger partial charge is 0.240 e. The molecule has 60 valence electrons. The monoisotopic (exact) mass is 162 g/mol. The lowest BCUT2D eigenvalue weighted by molar-refractivity contribution is -0.128. The van der Waals surface area contributed by atoms with Crippen molar-refractivity contribution >= 4 is 17.7 Å². The van der Waals surface area contributed by atoms with Gasteiger partial charge in [0.1, 0.15) is 0 Å². The van der Waals surface area contributed by atoms with Gasteiger partial charge in [0.15, 0.2) is 0 Å². The van der Waals surface area contributed by atoms with Crippen molar-refractivity contribution in [2.75, 3.05) is 12.0 Å². The van der Waals surface area contributed by atoms with Gasteiger partial charge in [0, 0.05) is 5.75 Å². The van der Waals surface area contributed by atoms with Crippen LogP contribution in [-0.4, -0.2) is 17.9 Å². The summed E-state index contributed by atoms with van der Waals surface area (Å²) < 4.78 is 0. The normalized spacial score (nSPS) is 11.2. The molecule has 0 radical (unpaired) electrons. The summed E-state index contributed by atoms with van der Waals surface area (Å²) in [5, 5.41) is 0. The number of nitrogens with one attached hydrogen (secondary N) is 1. The molecule has 0 spiro atoms. The first-order valence-electron chi connectivity index (χ1n) is 3.04. The molecular weight excluding hydrogens is 148 g/mol. The number of thioether (sulfide) groups is 1. The second kappa shape index (κ2) is 3.83. The number of carbonyl (C=O) groups is 1. The van der Waals surface area contributed by atoms with Crippen LogP contribution in [0.25, 0.3) is 0 Å². The molecule has 10 heavy (non-hydrogen) atoms. The van der Waals surface area contributed by atoms with Crippen LogP contribution in [0.3, 0.4) is 0 Å². The molecule has 4 heteroatoms. The molecule has 0 aromatic heterocycles. The number of rotatable bonds is 3. The Morgan fingerprint density at radius 1 is 1.70 bits per heavy atom. The first-order chi connectivity index (χ1) is 4.54. The average Bonchev–Trinajstić information content (AvgIpc) is 1.86. The van der Waals surface area contributed by atoms with Gasteiger partial charge in [-0.25, -0.2) is 5.84 Å². The zero-order chi connectivity index (χ0) is 8.20. The topological polar surface area (TPSA) is 55.1 Å². The minimum absolute atomic E-state index is 0.109. The summed E-state index contributed by atoms with van der Waals surface area (Å²) in [4.78, 5) is 11.0. The van der Waals surface area contributed by atoms with Crippen LogP contribution in [0.2, 0.25) is 0 Å². The molecule has 0 unspecified atom stereocenters. The highest BCUT2D eigenvalue weighted by molar-refractivity contribution is 7.98. The summed E-state index contributed by atoms with van der Waals surface area (Å²) >= 11 is 1.64. The zero-order valence-electron chi connectivity index (χ0n) is 6.60. The lowest BCUT2D eigenvalue weighted by atomic mass is 9.96. The highest BCUT2D eigenvalue weighted by atomic mass is 32.2. The van der Waals surface area contributed by atoms with E-state index in [1.807, 2.05) is 20.1 Å². The van der Waals surface area contributed by atoms with Gasteiger partial charge in [-0.05, 0) is 6.26 Å². The third-order valence-corrected chi connectivity index (χ3v) is 2.26. The maximum atomic E-state index is 11.0. The summed E-state index contributed by atoms with van der Waals surface area (Å²) in [6.07, 6.45) is 1.96. The molecule has 1 amide bonds. The Balaban J connectivity index is 3.96. The van der Waals surface area contributed by atoms with Crippen LogP contribution in [-0.2, 0) is 4.79 Å². The summed E-state index contributed by atoms with van der Waals surface area (Å²) in [7, 11) is 0. The predicted molar refractivity (Wildman–Crippen MR) is 44.5 cm³/mol. The van der Waals surface area contributed by atoms with E-state index in [-0.39, 0.29) is 11.3 Å². The number of hydrazine groups is 1. The van der Waals surface area contributed by atoms with Gasteiger partial charge in [-0.15, -0.1) is 0 Å². The van der Waals surface area contributed by atoms with Gasteiger partial charge in [0.2, 0.25) is 5.91 Å².